The summed E-state index contributed by atoms with van der Waals surface area (Å²) in [5, 5.41) is 19.2. The highest BCUT2D eigenvalue weighted by Crippen LogP contribution is 2.31. The first kappa shape index (κ1) is 10.1. The molecule has 0 saturated carbocycles. The lowest BCUT2D eigenvalue weighted by atomic mass is 10.3. The van der Waals surface area contributed by atoms with Crippen molar-refractivity contribution >= 4 is 11.5 Å². The Kier molecular flexibility index (Phi) is 2.45. The zero-order chi connectivity index (χ0) is 10.9. The molecule has 0 spiro atoms. The molecule has 0 atom stereocenters. The number of anilines is 1. The molecule has 0 fully saturated rings. The number of pyridine rings is 1. The van der Waals surface area contributed by atoms with Crippen LogP contribution in [0.15, 0.2) is 6.07 Å². The standard InChI is InChI=1S/C6H5F2N3O3/c7-5(8)4-3(12)1-2(9)6(10-4)11(13)14/h1,5,12H,9H2. The van der Waals surface area contributed by atoms with Gasteiger partial charge in [0.05, 0.1) is 0 Å². The molecule has 0 aromatic carbocycles. The number of aromatic hydroxyl groups is 1. The first-order chi connectivity index (χ1) is 6.43. The molecule has 1 rings (SSSR count). The van der Waals surface area contributed by atoms with E-state index in [1.807, 2.05) is 0 Å². The number of nitrogen functional groups attached to an aromatic ring is 1. The van der Waals surface area contributed by atoms with Gasteiger partial charge >= 0.3 is 12.2 Å². The molecule has 1 aromatic rings. The zero-order valence-electron chi connectivity index (χ0n) is 6.65. The van der Waals surface area contributed by atoms with Crippen molar-refractivity contribution in [3.63, 3.8) is 0 Å². The fraction of sp³-hybridized carbons (Fsp3) is 0.167. The van der Waals surface area contributed by atoms with Crippen LogP contribution in [0.1, 0.15) is 12.1 Å². The van der Waals surface area contributed by atoms with Crippen LogP contribution in [0.3, 0.4) is 0 Å². The van der Waals surface area contributed by atoms with Gasteiger partial charge in [0.25, 0.3) is 5.69 Å². The maximum Gasteiger partial charge on any atom is 0.387 e. The maximum atomic E-state index is 12.1. The molecule has 1 heterocycles. The van der Waals surface area contributed by atoms with E-state index in [1.54, 1.807) is 0 Å². The molecule has 0 saturated heterocycles. The van der Waals surface area contributed by atoms with E-state index in [0.29, 0.717) is 6.07 Å². The van der Waals surface area contributed by atoms with Gasteiger partial charge < -0.3 is 21.0 Å². The predicted octanol–water partition coefficient (Wildman–Crippen LogP) is 1.22. The number of nitro groups is 1. The van der Waals surface area contributed by atoms with Gasteiger partial charge in [0.1, 0.15) is 5.69 Å². The number of nitrogens with zero attached hydrogens (tertiary/aromatic N) is 2. The molecular weight excluding hydrogens is 200 g/mol. The van der Waals surface area contributed by atoms with Crippen molar-refractivity contribution in [1.29, 1.82) is 0 Å². The van der Waals surface area contributed by atoms with Crippen molar-refractivity contribution in [1.82, 2.24) is 4.98 Å². The van der Waals surface area contributed by atoms with Gasteiger partial charge in [0.15, 0.2) is 5.75 Å². The lowest BCUT2D eigenvalue weighted by molar-refractivity contribution is -0.388. The largest absolute Gasteiger partial charge is 0.504 e. The fourth-order valence-electron chi connectivity index (χ4n) is 0.829. The van der Waals surface area contributed by atoms with Gasteiger partial charge in [-0.3, -0.25) is 0 Å². The van der Waals surface area contributed by atoms with Crippen molar-refractivity contribution < 1.29 is 18.8 Å². The quantitative estimate of drug-likeness (QED) is 0.558. The summed E-state index contributed by atoms with van der Waals surface area (Å²) in [6.07, 6.45) is -3.09. The number of hydrogen-bond acceptors (Lipinski definition) is 5. The minimum atomic E-state index is -3.09. The Balaban J connectivity index is 3.34. The molecule has 6 nitrogen and oxygen atoms in total. The van der Waals surface area contributed by atoms with E-state index in [0.717, 1.165) is 0 Å². The number of nitrogens with two attached hydrogens (primary N) is 1. The molecule has 0 amide bonds. The average Bonchev–Trinajstić information content (AvgIpc) is 2.02. The molecule has 3 N–H and O–H groups in total. The summed E-state index contributed by atoms with van der Waals surface area (Å²) in [7, 11) is 0. The molecule has 76 valence electrons. The summed E-state index contributed by atoms with van der Waals surface area (Å²) in [6, 6.07) is 0.673. The van der Waals surface area contributed by atoms with Gasteiger partial charge in [0.2, 0.25) is 0 Å². The second kappa shape index (κ2) is 3.40. The van der Waals surface area contributed by atoms with Crippen LogP contribution in [0.25, 0.3) is 0 Å². The number of rotatable bonds is 2. The Labute approximate surface area is 76.1 Å². The Morgan fingerprint density at radius 1 is 1.64 bits per heavy atom. The average molecular weight is 205 g/mol. The first-order valence-electron chi connectivity index (χ1n) is 3.35. The van der Waals surface area contributed by atoms with Crippen molar-refractivity contribution in [3.8, 4) is 5.75 Å². The minimum absolute atomic E-state index is 0.461. The van der Waals surface area contributed by atoms with Gasteiger partial charge in [-0.05, 0) is 9.91 Å². The molecule has 0 bridgehead atoms. The molecule has 0 aliphatic heterocycles. The minimum Gasteiger partial charge on any atom is -0.504 e. The molecule has 14 heavy (non-hydrogen) atoms. The second-order valence-electron chi connectivity index (χ2n) is 2.36. The van der Waals surface area contributed by atoms with Crippen molar-refractivity contribution in [3.05, 3.63) is 21.9 Å². The van der Waals surface area contributed by atoms with E-state index in [1.165, 1.54) is 0 Å². The molecular formula is C6H5F2N3O3. The summed E-state index contributed by atoms with van der Waals surface area (Å²) in [5.41, 5.74) is 3.57. The normalized spacial score (nSPS) is 10.5. The summed E-state index contributed by atoms with van der Waals surface area (Å²) in [4.78, 5) is 12.2. The van der Waals surface area contributed by atoms with Crippen LogP contribution >= 0.6 is 0 Å². The van der Waals surface area contributed by atoms with Crippen molar-refractivity contribution in [2.24, 2.45) is 0 Å². The second-order valence-corrected chi connectivity index (χ2v) is 2.36. The fourth-order valence-corrected chi connectivity index (χ4v) is 0.829. The Hall–Kier alpha value is -1.99. The monoisotopic (exact) mass is 205 g/mol. The molecule has 0 radical (unpaired) electrons. The van der Waals surface area contributed by atoms with Crippen LogP contribution in [0.5, 0.6) is 5.75 Å². The number of halogens is 2. The van der Waals surface area contributed by atoms with E-state index < -0.39 is 34.3 Å². The van der Waals surface area contributed by atoms with Crippen molar-refractivity contribution in [2.75, 3.05) is 5.73 Å². The Morgan fingerprint density at radius 2 is 2.21 bits per heavy atom. The highest BCUT2D eigenvalue weighted by Gasteiger charge is 2.26. The summed E-state index contributed by atoms with van der Waals surface area (Å²) in [6.45, 7) is 0. The summed E-state index contributed by atoms with van der Waals surface area (Å²) >= 11 is 0. The van der Waals surface area contributed by atoms with Crippen LogP contribution in [0.2, 0.25) is 0 Å². The number of alkyl halides is 2. The van der Waals surface area contributed by atoms with E-state index in [4.69, 9.17) is 10.8 Å². The van der Waals surface area contributed by atoms with Crippen LogP contribution in [0, 0.1) is 10.1 Å². The van der Waals surface area contributed by atoms with Crippen LogP contribution in [-0.2, 0) is 0 Å². The first-order valence-corrected chi connectivity index (χ1v) is 3.35. The SMILES string of the molecule is Nc1cc(O)c(C(F)F)nc1[N+](=O)[O-]. The third-order valence-electron chi connectivity index (χ3n) is 1.42. The van der Waals surface area contributed by atoms with E-state index in [-0.39, 0.29) is 0 Å². The molecule has 1 aromatic heterocycles. The predicted molar refractivity (Wildman–Crippen MR) is 41.9 cm³/mol. The Morgan fingerprint density at radius 3 is 2.64 bits per heavy atom. The third-order valence-corrected chi connectivity index (χ3v) is 1.42. The zero-order valence-corrected chi connectivity index (χ0v) is 6.65. The van der Waals surface area contributed by atoms with Gasteiger partial charge in [-0.1, -0.05) is 0 Å². The van der Waals surface area contributed by atoms with Gasteiger partial charge in [-0.15, -0.1) is 0 Å². The van der Waals surface area contributed by atoms with Crippen LogP contribution in [0.4, 0.5) is 20.3 Å². The highest BCUT2D eigenvalue weighted by molar-refractivity contribution is 5.57. The van der Waals surface area contributed by atoms with E-state index in [2.05, 4.69) is 4.98 Å². The van der Waals surface area contributed by atoms with E-state index in [9.17, 15) is 18.9 Å². The van der Waals surface area contributed by atoms with Crippen LogP contribution in [-0.4, -0.2) is 15.0 Å². The molecule has 0 aliphatic carbocycles. The third kappa shape index (κ3) is 1.68. The molecule has 0 unspecified atom stereocenters. The van der Waals surface area contributed by atoms with Gasteiger partial charge in [-0.25, -0.2) is 8.78 Å². The number of hydrogen-bond donors (Lipinski definition) is 2. The topological polar surface area (TPSA) is 102 Å². The van der Waals surface area contributed by atoms with Crippen molar-refractivity contribution in [2.45, 2.75) is 6.43 Å². The lowest BCUT2D eigenvalue weighted by Gasteiger charge is -2.01. The maximum absolute atomic E-state index is 12.1. The Bertz CT molecular complexity index is 383. The highest BCUT2D eigenvalue weighted by atomic mass is 19.3. The smallest absolute Gasteiger partial charge is 0.387 e. The van der Waals surface area contributed by atoms with Gasteiger partial charge in [0, 0.05) is 6.07 Å². The number of aromatic nitrogens is 1. The van der Waals surface area contributed by atoms with E-state index >= 15 is 0 Å². The van der Waals surface area contributed by atoms with Crippen LogP contribution < -0.4 is 5.73 Å². The summed E-state index contributed by atoms with van der Waals surface area (Å²) < 4.78 is 24.2. The van der Waals surface area contributed by atoms with Gasteiger partial charge in [-0.2, -0.15) is 0 Å². The summed E-state index contributed by atoms with van der Waals surface area (Å²) in [5.74, 6) is -1.75. The lowest BCUT2D eigenvalue weighted by Crippen LogP contribution is -2.02. The molecule has 8 heteroatoms. The molecule has 0 aliphatic rings.